The molecule has 0 aliphatic carbocycles. The van der Waals surface area contributed by atoms with Gasteiger partial charge in [-0.3, -0.25) is 0 Å². The molecule has 0 radical (unpaired) electrons. The van der Waals surface area contributed by atoms with Crippen LogP contribution >= 0.6 is 22.9 Å². The van der Waals surface area contributed by atoms with Gasteiger partial charge in [0.05, 0.1) is 9.94 Å². The Balaban J connectivity index is 2.68. The van der Waals surface area contributed by atoms with Crippen molar-refractivity contribution in [3.63, 3.8) is 0 Å². The van der Waals surface area contributed by atoms with E-state index in [1.54, 1.807) is 13.0 Å². The number of rotatable bonds is 4. The zero-order chi connectivity index (χ0) is 9.90. The summed E-state index contributed by atoms with van der Waals surface area (Å²) in [5.41, 5.74) is -0.861. The zero-order valence-corrected chi connectivity index (χ0v) is 9.03. The summed E-state index contributed by atoms with van der Waals surface area (Å²) >= 11 is 7.14. The van der Waals surface area contributed by atoms with Crippen LogP contribution in [0.15, 0.2) is 12.1 Å². The van der Waals surface area contributed by atoms with Crippen LogP contribution < -0.4 is 0 Å². The topological polar surface area (TPSA) is 40.5 Å². The van der Waals surface area contributed by atoms with E-state index in [-0.39, 0.29) is 6.61 Å². The monoisotopic (exact) mass is 220 g/mol. The second-order valence-electron chi connectivity index (χ2n) is 3.20. The van der Waals surface area contributed by atoms with Crippen molar-refractivity contribution in [3.8, 4) is 0 Å². The normalized spacial score (nSPS) is 15.7. The van der Waals surface area contributed by atoms with E-state index in [0.29, 0.717) is 17.2 Å². The van der Waals surface area contributed by atoms with Crippen molar-refractivity contribution in [1.82, 2.24) is 0 Å². The van der Waals surface area contributed by atoms with Crippen molar-refractivity contribution in [2.45, 2.75) is 25.4 Å². The molecule has 0 spiro atoms. The van der Waals surface area contributed by atoms with Crippen LogP contribution in [0.5, 0.6) is 0 Å². The van der Waals surface area contributed by atoms with Gasteiger partial charge in [0.25, 0.3) is 0 Å². The Morgan fingerprint density at radius 3 is 2.69 bits per heavy atom. The van der Waals surface area contributed by atoms with Crippen LogP contribution in [-0.2, 0) is 5.60 Å². The van der Waals surface area contributed by atoms with Crippen molar-refractivity contribution in [1.29, 1.82) is 0 Å². The molecule has 1 unspecified atom stereocenters. The molecule has 0 aliphatic heterocycles. The predicted octanol–water partition coefficient (Wildman–Crippen LogP) is 2.38. The van der Waals surface area contributed by atoms with Crippen molar-refractivity contribution in [3.05, 3.63) is 21.3 Å². The lowest BCUT2D eigenvalue weighted by Crippen LogP contribution is -2.19. The number of thiophene rings is 1. The van der Waals surface area contributed by atoms with E-state index in [1.807, 2.05) is 6.07 Å². The van der Waals surface area contributed by atoms with Gasteiger partial charge in [-0.25, -0.2) is 0 Å². The van der Waals surface area contributed by atoms with Crippen LogP contribution in [0.2, 0.25) is 4.34 Å². The van der Waals surface area contributed by atoms with Gasteiger partial charge in [0.15, 0.2) is 0 Å². The fourth-order valence-corrected chi connectivity index (χ4v) is 2.27. The van der Waals surface area contributed by atoms with Gasteiger partial charge in [0.2, 0.25) is 0 Å². The zero-order valence-electron chi connectivity index (χ0n) is 7.46. The fraction of sp³-hybridized carbons (Fsp3) is 0.556. The Morgan fingerprint density at radius 2 is 2.23 bits per heavy atom. The molecule has 0 amide bonds. The minimum absolute atomic E-state index is 0.106. The third-order valence-electron chi connectivity index (χ3n) is 1.93. The van der Waals surface area contributed by atoms with Crippen LogP contribution in [-0.4, -0.2) is 16.8 Å². The molecule has 4 heteroatoms. The lowest BCUT2D eigenvalue weighted by atomic mass is 9.99. The standard InChI is InChI=1S/C9H13ClO2S/c1-9(12,5-2-6-11)7-3-4-8(10)13-7/h3-4,11-12H,2,5-6H2,1H3. The summed E-state index contributed by atoms with van der Waals surface area (Å²) in [5.74, 6) is 0. The Labute approximate surface area is 86.8 Å². The third-order valence-corrected chi connectivity index (χ3v) is 3.41. The van der Waals surface area contributed by atoms with Gasteiger partial charge in [-0.2, -0.15) is 0 Å². The maximum absolute atomic E-state index is 9.97. The van der Waals surface area contributed by atoms with E-state index < -0.39 is 5.60 Å². The van der Waals surface area contributed by atoms with Crippen molar-refractivity contribution >= 4 is 22.9 Å². The van der Waals surface area contributed by atoms with Crippen LogP contribution in [0.3, 0.4) is 0 Å². The summed E-state index contributed by atoms with van der Waals surface area (Å²) in [6.45, 7) is 1.85. The highest BCUT2D eigenvalue weighted by molar-refractivity contribution is 7.16. The first-order valence-electron chi connectivity index (χ1n) is 4.15. The first kappa shape index (κ1) is 11.0. The highest BCUT2D eigenvalue weighted by Gasteiger charge is 2.23. The van der Waals surface area contributed by atoms with E-state index in [4.69, 9.17) is 16.7 Å². The van der Waals surface area contributed by atoms with Gasteiger partial charge in [-0.15, -0.1) is 11.3 Å². The molecule has 1 aromatic heterocycles. The summed E-state index contributed by atoms with van der Waals surface area (Å²) in [7, 11) is 0. The average molecular weight is 221 g/mol. The second-order valence-corrected chi connectivity index (χ2v) is 4.92. The molecule has 0 fully saturated rings. The van der Waals surface area contributed by atoms with Gasteiger partial charge >= 0.3 is 0 Å². The molecule has 2 nitrogen and oxygen atoms in total. The molecule has 13 heavy (non-hydrogen) atoms. The molecule has 2 N–H and O–H groups in total. The van der Waals surface area contributed by atoms with Gasteiger partial charge in [0.1, 0.15) is 0 Å². The van der Waals surface area contributed by atoms with E-state index >= 15 is 0 Å². The Bertz CT molecular complexity index is 270. The van der Waals surface area contributed by atoms with Gasteiger partial charge in [-0.1, -0.05) is 11.6 Å². The number of aliphatic hydroxyl groups excluding tert-OH is 1. The number of hydrogen-bond acceptors (Lipinski definition) is 3. The highest BCUT2D eigenvalue weighted by atomic mass is 35.5. The minimum atomic E-state index is -0.861. The molecule has 0 aliphatic rings. The van der Waals surface area contributed by atoms with E-state index in [2.05, 4.69) is 0 Å². The van der Waals surface area contributed by atoms with Crippen molar-refractivity contribution in [2.75, 3.05) is 6.61 Å². The van der Waals surface area contributed by atoms with Gasteiger partial charge < -0.3 is 10.2 Å². The first-order chi connectivity index (χ1) is 6.06. The Kier molecular flexibility index (Phi) is 3.74. The van der Waals surface area contributed by atoms with Crippen molar-refractivity contribution in [2.24, 2.45) is 0 Å². The maximum Gasteiger partial charge on any atom is 0.0961 e. The van der Waals surface area contributed by atoms with E-state index in [9.17, 15) is 5.11 Å². The Hall–Kier alpha value is -0.0900. The molecule has 0 saturated heterocycles. The molecule has 1 aromatic rings. The van der Waals surface area contributed by atoms with Crippen LogP contribution in [0.4, 0.5) is 0 Å². The van der Waals surface area contributed by atoms with Gasteiger partial charge in [-0.05, 0) is 31.9 Å². The largest absolute Gasteiger partial charge is 0.396 e. The summed E-state index contributed by atoms with van der Waals surface area (Å²) in [4.78, 5) is 0.853. The number of aliphatic hydroxyl groups is 2. The van der Waals surface area contributed by atoms with E-state index in [0.717, 1.165) is 4.88 Å². The molecule has 74 valence electrons. The molecule has 0 saturated carbocycles. The molecule has 1 heterocycles. The minimum Gasteiger partial charge on any atom is -0.396 e. The van der Waals surface area contributed by atoms with Crippen LogP contribution in [0.25, 0.3) is 0 Å². The molecular formula is C9H13ClO2S. The third kappa shape index (κ3) is 2.95. The van der Waals surface area contributed by atoms with Crippen LogP contribution in [0.1, 0.15) is 24.6 Å². The summed E-state index contributed by atoms with van der Waals surface area (Å²) < 4.78 is 0.680. The van der Waals surface area contributed by atoms with Crippen LogP contribution in [0, 0.1) is 0 Å². The molecule has 1 rings (SSSR count). The average Bonchev–Trinajstić information content (AvgIpc) is 2.49. The van der Waals surface area contributed by atoms with E-state index in [1.165, 1.54) is 11.3 Å². The Morgan fingerprint density at radius 1 is 1.54 bits per heavy atom. The predicted molar refractivity (Wildman–Crippen MR) is 55.2 cm³/mol. The molecule has 0 bridgehead atoms. The molecule has 1 atom stereocenters. The quantitative estimate of drug-likeness (QED) is 0.818. The highest BCUT2D eigenvalue weighted by Crippen LogP contribution is 2.33. The number of halogens is 1. The number of hydrogen-bond donors (Lipinski definition) is 2. The molecular weight excluding hydrogens is 208 g/mol. The summed E-state index contributed by atoms with van der Waals surface area (Å²) in [6.07, 6.45) is 1.16. The summed E-state index contributed by atoms with van der Waals surface area (Å²) in [5, 5.41) is 18.6. The first-order valence-corrected chi connectivity index (χ1v) is 5.35. The second kappa shape index (κ2) is 4.42. The van der Waals surface area contributed by atoms with Crippen molar-refractivity contribution < 1.29 is 10.2 Å². The summed E-state index contributed by atoms with van der Waals surface area (Å²) in [6, 6.07) is 3.60. The SMILES string of the molecule is CC(O)(CCCO)c1ccc(Cl)s1. The lowest BCUT2D eigenvalue weighted by molar-refractivity contribution is 0.0439. The molecule has 0 aromatic carbocycles. The van der Waals surface area contributed by atoms with Gasteiger partial charge in [0, 0.05) is 11.5 Å². The maximum atomic E-state index is 9.97. The lowest BCUT2D eigenvalue weighted by Gasteiger charge is -2.20. The smallest absolute Gasteiger partial charge is 0.0961 e. The fourth-order valence-electron chi connectivity index (χ4n) is 1.15.